The molecule has 0 bridgehead atoms. The fourth-order valence-electron chi connectivity index (χ4n) is 2.05. The Balaban J connectivity index is 1.88. The molecular weight excluding hydrogens is 316 g/mol. The molecule has 1 aromatic carbocycles. The molecule has 0 aliphatic heterocycles. The van der Waals surface area contributed by atoms with Crippen molar-refractivity contribution in [3.05, 3.63) is 40.1 Å². The second-order valence-corrected chi connectivity index (χ2v) is 5.96. The van der Waals surface area contributed by atoms with E-state index in [1.165, 1.54) is 18.4 Å². The van der Waals surface area contributed by atoms with Gasteiger partial charge in [0.05, 0.1) is 0 Å². The maximum Gasteiger partial charge on any atom is 0.136 e. The van der Waals surface area contributed by atoms with Crippen molar-refractivity contribution in [2.45, 2.75) is 25.7 Å². The molecule has 104 valence electrons. The Morgan fingerprint density at radius 2 is 1.90 bits per heavy atom. The summed E-state index contributed by atoms with van der Waals surface area (Å²) in [6, 6.07) is 8.11. The average Bonchev–Trinajstić information content (AvgIpc) is 3.27. The highest BCUT2D eigenvalue weighted by Gasteiger charge is 2.27. The fourth-order valence-corrected chi connectivity index (χ4v) is 2.30. The molecule has 0 spiro atoms. The fraction of sp³-hybridized carbons (Fsp3) is 0.333. The van der Waals surface area contributed by atoms with Gasteiger partial charge in [-0.15, -0.1) is 0 Å². The third-order valence-corrected chi connectivity index (χ3v) is 4.26. The number of anilines is 3. The van der Waals surface area contributed by atoms with Crippen molar-refractivity contribution in [3.8, 4) is 0 Å². The van der Waals surface area contributed by atoms with Gasteiger partial charge in [0.2, 0.25) is 0 Å². The zero-order chi connectivity index (χ0) is 14.1. The first-order valence-electron chi connectivity index (χ1n) is 6.75. The summed E-state index contributed by atoms with van der Waals surface area (Å²) in [6.45, 7) is 2.07. The lowest BCUT2D eigenvalue weighted by molar-refractivity contribution is 0.932. The molecule has 1 heterocycles. The van der Waals surface area contributed by atoms with Crippen molar-refractivity contribution in [1.29, 1.82) is 0 Å². The largest absolute Gasteiger partial charge is 0.373 e. The van der Waals surface area contributed by atoms with Crippen LogP contribution in [0.25, 0.3) is 0 Å². The lowest BCUT2D eigenvalue weighted by Crippen LogP contribution is -2.03. The van der Waals surface area contributed by atoms with Crippen LogP contribution in [-0.2, 0) is 0 Å². The molecule has 1 aliphatic rings. The van der Waals surface area contributed by atoms with E-state index >= 15 is 0 Å². The number of hydrogen-bond acceptors (Lipinski definition) is 4. The highest BCUT2D eigenvalue weighted by molar-refractivity contribution is 9.10. The topological polar surface area (TPSA) is 49.8 Å². The van der Waals surface area contributed by atoms with Gasteiger partial charge in [-0.1, -0.05) is 15.9 Å². The molecule has 1 saturated carbocycles. The van der Waals surface area contributed by atoms with Gasteiger partial charge in [0, 0.05) is 29.2 Å². The third-order valence-electron chi connectivity index (χ3n) is 3.37. The highest BCUT2D eigenvalue weighted by atomic mass is 79.9. The molecule has 0 atom stereocenters. The molecule has 0 amide bonds. The van der Waals surface area contributed by atoms with Crippen molar-refractivity contribution in [3.63, 3.8) is 0 Å². The van der Waals surface area contributed by atoms with E-state index in [-0.39, 0.29) is 0 Å². The van der Waals surface area contributed by atoms with Crippen LogP contribution in [0.3, 0.4) is 0 Å². The van der Waals surface area contributed by atoms with Crippen LogP contribution in [0.2, 0.25) is 0 Å². The first-order valence-corrected chi connectivity index (χ1v) is 7.55. The van der Waals surface area contributed by atoms with Crippen LogP contribution in [-0.4, -0.2) is 17.0 Å². The molecule has 3 rings (SSSR count). The summed E-state index contributed by atoms with van der Waals surface area (Å²) in [5.74, 6) is 3.18. The molecule has 0 radical (unpaired) electrons. The Hall–Kier alpha value is -1.62. The van der Waals surface area contributed by atoms with E-state index in [0.29, 0.717) is 5.92 Å². The second-order valence-electron chi connectivity index (χ2n) is 5.11. The Labute approximate surface area is 127 Å². The molecule has 20 heavy (non-hydrogen) atoms. The van der Waals surface area contributed by atoms with Crippen molar-refractivity contribution in [2.75, 3.05) is 17.7 Å². The van der Waals surface area contributed by atoms with Crippen molar-refractivity contribution in [2.24, 2.45) is 0 Å². The first-order chi connectivity index (χ1) is 9.65. The summed E-state index contributed by atoms with van der Waals surface area (Å²) >= 11 is 3.51. The van der Waals surface area contributed by atoms with E-state index in [4.69, 9.17) is 0 Å². The van der Waals surface area contributed by atoms with Crippen molar-refractivity contribution in [1.82, 2.24) is 9.97 Å². The van der Waals surface area contributed by atoms with Gasteiger partial charge in [-0.05, 0) is 43.5 Å². The van der Waals surface area contributed by atoms with Crippen molar-refractivity contribution >= 4 is 33.3 Å². The normalized spacial score (nSPS) is 14.2. The molecule has 5 heteroatoms. The molecule has 2 aromatic rings. The van der Waals surface area contributed by atoms with Gasteiger partial charge in [-0.2, -0.15) is 0 Å². The van der Waals surface area contributed by atoms with Crippen LogP contribution in [0.5, 0.6) is 0 Å². The van der Waals surface area contributed by atoms with E-state index in [9.17, 15) is 0 Å². The number of aryl methyl sites for hydroxylation is 1. The van der Waals surface area contributed by atoms with Gasteiger partial charge in [0.15, 0.2) is 0 Å². The molecular formula is C15H17BrN4. The zero-order valence-electron chi connectivity index (χ0n) is 11.6. The van der Waals surface area contributed by atoms with Gasteiger partial charge in [-0.25, -0.2) is 9.97 Å². The highest BCUT2D eigenvalue weighted by Crippen LogP contribution is 2.39. The number of rotatable bonds is 4. The Morgan fingerprint density at radius 3 is 2.55 bits per heavy atom. The molecule has 1 aliphatic carbocycles. The Morgan fingerprint density at radius 1 is 1.15 bits per heavy atom. The Kier molecular flexibility index (Phi) is 3.61. The summed E-state index contributed by atoms with van der Waals surface area (Å²) in [4.78, 5) is 9.13. The maximum atomic E-state index is 4.62. The summed E-state index contributed by atoms with van der Waals surface area (Å²) in [5.41, 5.74) is 2.23. The number of hydrogen-bond donors (Lipinski definition) is 2. The predicted octanol–water partition coefficient (Wildman–Crippen LogP) is 4.21. The van der Waals surface area contributed by atoms with E-state index in [2.05, 4.69) is 49.5 Å². The molecule has 0 saturated heterocycles. The zero-order valence-corrected chi connectivity index (χ0v) is 13.2. The lowest BCUT2D eigenvalue weighted by atomic mass is 10.2. The van der Waals surface area contributed by atoms with Crippen molar-refractivity contribution < 1.29 is 0 Å². The minimum absolute atomic E-state index is 0.538. The second kappa shape index (κ2) is 5.40. The monoisotopic (exact) mass is 332 g/mol. The van der Waals surface area contributed by atoms with Crippen LogP contribution in [0.15, 0.2) is 28.7 Å². The third kappa shape index (κ3) is 2.93. The number of nitrogens with one attached hydrogen (secondary N) is 2. The lowest BCUT2D eigenvalue weighted by Gasteiger charge is -2.10. The van der Waals surface area contributed by atoms with E-state index < -0.39 is 0 Å². The molecule has 4 nitrogen and oxygen atoms in total. The van der Waals surface area contributed by atoms with Crippen LogP contribution in [0.1, 0.15) is 30.1 Å². The predicted molar refractivity (Wildman–Crippen MR) is 85.7 cm³/mol. The molecule has 2 N–H and O–H groups in total. The van der Waals surface area contributed by atoms with Gasteiger partial charge < -0.3 is 10.6 Å². The number of nitrogens with zero attached hydrogens (tertiary/aromatic N) is 2. The molecule has 1 fully saturated rings. The number of halogens is 1. The van der Waals surface area contributed by atoms with Gasteiger partial charge in [0.25, 0.3) is 0 Å². The first kappa shape index (κ1) is 13.4. The average molecular weight is 333 g/mol. The van der Waals surface area contributed by atoms with Crippen LogP contribution in [0, 0.1) is 6.92 Å². The Bertz CT molecular complexity index is 638. The van der Waals surface area contributed by atoms with Gasteiger partial charge in [-0.3, -0.25) is 0 Å². The summed E-state index contributed by atoms with van der Waals surface area (Å²) in [6.07, 6.45) is 2.40. The minimum atomic E-state index is 0.538. The van der Waals surface area contributed by atoms with E-state index in [1.54, 1.807) is 0 Å². The quantitative estimate of drug-likeness (QED) is 0.880. The van der Waals surface area contributed by atoms with Gasteiger partial charge in [0.1, 0.15) is 17.5 Å². The van der Waals surface area contributed by atoms with Gasteiger partial charge >= 0.3 is 0 Å². The van der Waals surface area contributed by atoms with E-state index in [1.807, 2.05) is 25.2 Å². The number of aromatic nitrogens is 2. The molecule has 0 unspecified atom stereocenters. The van der Waals surface area contributed by atoms with Crippen LogP contribution >= 0.6 is 15.9 Å². The summed E-state index contributed by atoms with van der Waals surface area (Å²) in [5, 5.41) is 6.46. The minimum Gasteiger partial charge on any atom is -0.373 e. The van der Waals surface area contributed by atoms with Crippen LogP contribution < -0.4 is 10.6 Å². The SMILES string of the molecule is CNc1cc(Nc2ccc(Br)c(C)c2)nc(C2CC2)n1. The number of benzene rings is 1. The smallest absolute Gasteiger partial charge is 0.136 e. The standard InChI is InChI=1S/C15H17BrN4/c1-9-7-11(5-6-12(9)16)18-14-8-13(17-2)19-15(20-14)10-3-4-10/h5-8,10H,3-4H2,1-2H3,(H2,17,18,19,20). The summed E-state index contributed by atoms with van der Waals surface area (Å²) < 4.78 is 1.11. The maximum absolute atomic E-state index is 4.62. The molecule has 1 aromatic heterocycles. The summed E-state index contributed by atoms with van der Waals surface area (Å²) in [7, 11) is 1.88. The van der Waals surface area contributed by atoms with E-state index in [0.717, 1.165) is 27.6 Å². The van der Waals surface area contributed by atoms with Crippen LogP contribution in [0.4, 0.5) is 17.3 Å².